The van der Waals surface area contributed by atoms with Crippen molar-refractivity contribution < 1.29 is 4.57 Å². The number of allylic oxidation sites excluding steroid dienone is 4. The number of fused-ring (bicyclic) bond motifs is 2. The van der Waals surface area contributed by atoms with Crippen LogP contribution in [-0.2, 0) is 13.1 Å². The Morgan fingerprint density at radius 1 is 0.744 bits per heavy atom. The normalized spacial score (nSPS) is 14.3. The highest BCUT2D eigenvalue weighted by Crippen LogP contribution is 2.46. The second-order valence-corrected chi connectivity index (χ2v) is 11.2. The number of rotatable bonds is 12. The molecule has 0 radical (unpaired) electrons. The summed E-state index contributed by atoms with van der Waals surface area (Å²) < 4.78 is 2.42. The fourth-order valence-corrected chi connectivity index (χ4v) is 6.25. The molecule has 0 aliphatic carbocycles. The Kier molecular flexibility index (Phi) is 9.70. The summed E-state index contributed by atoms with van der Waals surface area (Å²) in [7, 11) is 0. The smallest absolute Gasteiger partial charge is 0.213 e. The number of nitrogens with zero attached hydrogens (tertiary/aromatic N) is 2. The molecule has 0 unspecified atom stereocenters. The third-order valence-corrected chi connectivity index (χ3v) is 8.40. The minimum Gasteiger partial charge on any atom is -0.331 e. The molecule has 0 N–H and O–H groups in total. The highest BCUT2D eigenvalue weighted by atomic mass is 32.2. The van der Waals surface area contributed by atoms with Gasteiger partial charge >= 0.3 is 0 Å². The van der Waals surface area contributed by atoms with Crippen LogP contribution in [0, 0.1) is 0 Å². The van der Waals surface area contributed by atoms with Gasteiger partial charge < -0.3 is 4.90 Å². The fourth-order valence-electron chi connectivity index (χ4n) is 5.18. The fraction of sp³-hybridized carbons (Fsp3) is 0.250. The second kappa shape index (κ2) is 14.0. The summed E-state index contributed by atoms with van der Waals surface area (Å²) in [4.78, 5) is 3.73. The van der Waals surface area contributed by atoms with Gasteiger partial charge in [0.15, 0.2) is 6.20 Å². The zero-order valence-electron chi connectivity index (χ0n) is 23.0. The van der Waals surface area contributed by atoms with Crippen LogP contribution in [0.2, 0.25) is 0 Å². The number of aromatic nitrogens is 1. The number of para-hydroxylation sites is 2. The first kappa shape index (κ1) is 27.0. The molecule has 4 aromatic rings. The number of aryl methyl sites for hydroxylation is 1. The standard InChI is InChI=1S/C36H39N2S/c1-2-3-4-5-6-17-27-37-28-26-31(32-21-13-14-22-33(32)37)20-11-8-12-25-36-38(29-30-18-9-7-10-19-30)34-23-15-16-24-35(34)39-36/h7-16,18-26,28H,2-6,17,27,29H2,1H3/q+1. The molecule has 0 saturated carbocycles. The van der Waals surface area contributed by atoms with Gasteiger partial charge in [0.2, 0.25) is 5.52 Å². The molecule has 1 aromatic heterocycles. The number of anilines is 1. The average molecular weight is 532 g/mol. The number of hydrogen-bond donors (Lipinski definition) is 0. The summed E-state index contributed by atoms with van der Waals surface area (Å²) in [6.07, 6.45) is 21.1. The molecule has 0 saturated heterocycles. The molecular weight excluding hydrogens is 492 g/mol. The van der Waals surface area contributed by atoms with Crippen molar-refractivity contribution in [1.82, 2.24) is 0 Å². The summed E-state index contributed by atoms with van der Waals surface area (Å²) in [5, 5.41) is 2.57. The average Bonchev–Trinajstić information content (AvgIpc) is 3.32. The van der Waals surface area contributed by atoms with Crippen LogP contribution in [0.4, 0.5) is 5.69 Å². The highest BCUT2D eigenvalue weighted by molar-refractivity contribution is 8.03. The summed E-state index contributed by atoms with van der Waals surface area (Å²) in [6, 6.07) is 30.4. The van der Waals surface area contributed by atoms with E-state index in [1.165, 1.54) is 76.2 Å². The van der Waals surface area contributed by atoms with Gasteiger partial charge in [-0.3, -0.25) is 0 Å². The Balaban J connectivity index is 1.27. The number of pyridine rings is 1. The lowest BCUT2D eigenvalue weighted by Crippen LogP contribution is -2.34. The molecule has 198 valence electrons. The molecule has 2 nitrogen and oxygen atoms in total. The zero-order chi connectivity index (χ0) is 26.7. The summed E-state index contributed by atoms with van der Waals surface area (Å²) >= 11 is 1.84. The maximum absolute atomic E-state index is 2.42. The zero-order valence-corrected chi connectivity index (χ0v) is 23.8. The van der Waals surface area contributed by atoms with Crippen molar-refractivity contribution in [2.75, 3.05) is 4.90 Å². The van der Waals surface area contributed by atoms with Crippen LogP contribution in [0.15, 0.2) is 125 Å². The SMILES string of the molecule is CCCCCCCC[n+]1ccc(/C=C/C=C/C=C2\Sc3ccccc3N2Cc2ccccc2)c2ccccc21. The van der Waals surface area contributed by atoms with Crippen molar-refractivity contribution in [3.63, 3.8) is 0 Å². The number of hydrogen-bond acceptors (Lipinski definition) is 2. The predicted molar refractivity (Wildman–Crippen MR) is 169 cm³/mol. The van der Waals surface area contributed by atoms with E-state index < -0.39 is 0 Å². The van der Waals surface area contributed by atoms with Crippen molar-refractivity contribution in [1.29, 1.82) is 0 Å². The number of unbranched alkanes of at least 4 members (excludes halogenated alkanes) is 5. The van der Waals surface area contributed by atoms with E-state index in [1.54, 1.807) is 0 Å². The molecule has 0 bridgehead atoms. The number of benzene rings is 3. The van der Waals surface area contributed by atoms with Crippen LogP contribution in [0.5, 0.6) is 0 Å². The van der Waals surface area contributed by atoms with E-state index in [0.717, 1.165) is 13.1 Å². The van der Waals surface area contributed by atoms with Gasteiger partial charge in [-0.05, 0) is 41.8 Å². The van der Waals surface area contributed by atoms with E-state index in [9.17, 15) is 0 Å². The first-order chi connectivity index (χ1) is 19.3. The first-order valence-electron chi connectivity index (χ1n) is 14.4. The van der Waals surface area contributed by atoms with Crippen molar-refractivity contribution in [3.05, 3.63) is 132 Å². The third kappa shape index (κ3) is 7.10. The van der Waals surface area contributed by atoms with Crippen LogP contribution >= 0.6 is 11.8 Å². The van der Waals surface area contributed by atoms with Gasteiger partial charge in [0.1, 0.15) is 6.54 Å². The van der Waals surface area contributed by atoms with Crippen molar-refractivity contribution in [3.8, 4) is 0 Å². The molecule has 0 fully saturated rings. The molecule has 1 aliphatic rings. The summed E-state index contributed by atoms with van der Waals surface area (Å²) in [6.45, 7) is 4.23. The lowest BCUT2D eigenvalue weighted by Gasteiger charge is -2.20. The minimum atomic E-state index is 0.870. The van der Waals surface area contributed by atoms with Gasteiger partial charge in [0, 0.05) is 30.0 Å². The molecule has 39 heavy (non-hydrogen) atoms. The van der Waals surface area contributed by atoms with Gasteiger partial charge in [-0.2, -0.15) is 4.57 Å². The lowest BCUT2D eigenvalue weighted by atomic mass is 10.1. The van der Waals surface area contributed by atoms with Crippen molar-refractivity contribution in [2.45, 2.75) is 63.4 Å². The van der Waals surface area contributed by atoms with Crippen LogP contribution in [-0.4, -0.2) is 0 Å². The molecule has 3 aromatic carbocycles. The van der Waals surface area contributed by atoms with E-state index in [2.05, 4.69) is 138 Å². The van der Waals surface area contributed by atoms with Gasteiger partial charge in [0.05, 0.1) is 16.1 Å². The van der Waals surface area contributed by atoms with E-state index >= 15 is 0 Å². The van der Waals surface area contributed by atoms with Gasteiger partial charge in [-0.25, -0.2) is 0 Å². The second-order valence-electron chi connectivity index (χ2n) is 10.1. The van der Waals surface area contributed by atoms with E-state index in [0.29, 0.717) is 0 Å². The molecular formula is C36H39N2S+. The molecule has 3 heteroatoms. The van der Waals surface area contributed by atoms with Crippen LogP contribution in [0.3, 0.4) is 0 Å². The van der Waals surface area contributed by atoms with Gasteiger partial charge in [0.25, 0.3) is 0 Å². The van der Waals surface area contributed by atoms with E-state index in [4.69, 9.17) is 0 Å². The van der Waals surface area contributed by atoms with Crippen molar-refractivity contribution >= 4 is 34.4 Å². The summed E-state index contributed by atoms with van der Waals surface area (Å²) in [5.41, 5.74) is 5.17. The lowest BCUT2D eigenvalue weighted by molar-refractivity contribution is -0.671. The van der Waals surface area contributed by atoms with Gasteiger partial charge in [-0.1, -0.05) is 123 Å². The summed E-state index contributed by atoms with van der Waals surface area (Å²) in [5.74, 6) is 0. The third-order valence-electron chi connectivity index (χ3n) is 7.27. The first-order valence-corrected chi connectivity index (χ1v) is 15.2. The molecule has 0 amide bonds. The maximum atomic E-state index is 2.42. The van der Waals surface area contributed by atoms with Crippen LogP contribution in [0.1, 0.15) is 56.6 Å². The molecule has 0 atom stereocenters. The Bertz CT molecular complexity index is 1450. The predicted octanol–water partition coefficient (Wildman–Crippen LogP) is 9.71. The van der Waals surface area contributed by atoms with Crippen molar-refractivity contribution in [2.24, 2.45) is 0 Å². The molecule has 0 spiro atoms. The van der Waals surface area contributed by atoms with E-state index in [1.807, 2.05) is 11.8 Å². The Labute approximate surface area is 238 Å². The number of thioether (sulfide) groups is 1. The maximum Gasteiger partial charge on any atom is 0.213 e. The Morgan fingerprint density at radius 3 is 2.41 bits per heavy atom. The highest BCUT2D eigenvalue weighted by Gasteiger charge is 2.24. The molecule has 2 heterocycles. The van der Waals surface area contributed by atoms with Crippen LogP contribution < -0.4 is 9.47 Å². The Hall–Kier alpha value is -3.56. The minimum absolute atomic E-state index is 0.870. The molecule has 1 aliphatic heterocycles. The quantitative estimate of drug-likeness (QED) is 0.102. The molecule has 5 rings (SSSR count). The topological polar surface area (TPSA) is 7.12 Å². The largest absolute Gasteiger partial charge is 0.331 e. The monoisotopic (exact) mass is 531 g/mol. The Morgan fingerprint density at radius 2 is 1.51 bits per heavy atom. The van der Waals surface area contributed by atoms with Crippen LogP contribution in [0.25, 0.3) is 17.0 Å². The van der Waals surface area contributed by atoms with Gasteiger partial charge in [-0.15, -0.1) is 0 Å². The van der Waals surface area contributed by atoms with E-state index in [-0.39, 0.29) is 0 Å².